The second-order valence-electron chi connectivity index (χ2n) is 4.81. The second kappa shape index (κ2) is 4.93. The standard InChI is InChI=1S/C12H14FN3O3/c1-7-5-15(6-11(7)14)12(17)8-2-9(13)4-10(3-8)16(18)19/h2-4,7,11H,5-6,14H2,1H3. The van der Waals surface area contributed by atoms with Crippen LogP contribution in [0.15, 0.2) is 18.2 Å². The molecule has 1 aliphatic heterocycles. The van der Waals surface area contributed by atoms with E-state index in [1.165, 1.54) is 4.90 Å². The largest absolute Gasteiger partial charge is 0.337 e. The third-order valence-electron chi connectivity index (χ3n) is 3.30. The van der Waals surface area contributed by atoms with E-state index in [1.54, 1.807) is 0 Å². The molecule has 0 radical (unpaired) electrons. The summed E-state index contributed by atoms with van der Waals surface area (Å²) in [5, 5.41) is 10.6. The van der Waals surface area contributed by atoms with Gasteiger partial charge in [0.25, 0.3) is 11.6 Å². The summed E-state index contributed by atoms with van der Waals surface area (Å²) in [5.41, 5.74) is 5.37. The molecule has 1 amide bonds. The van der Waals surface area contributed by atoms with Gasteiger partial charge in [-0.2, -0.15) is 0 Å². The van der Waals surface area contributed by atoms with Crippen molar-refractivity contribution in [3.63, 3.8) is 0 Å². The Morgan fingerprint density at radius 3 is 2.68 bits per heavy atom. The zero-order valence-electron chi connectivity index (χ0n) is 10.4. The van der Waals surface area contributed by atoms with E-state index in [4.69, 9.17) is 5.73 Å². The molecular weight excluding hydrogens is 253 g/mol. The molecule has 1 aliphatic rings. The van der Waals surface area contributed by atoms with Crippen molar-refractivity contribution in [3.05, 3.63) is 39.7 Å². The molecule has 0 spiro atoms. The van der Waals surface area contributed by atoms with Crippen molar-refractivity contribution >= 4 is 11.6 Å². The molecule has 1 saturated heterocycles. The van der Waals surface area contributed by atoms with Crippen LogP contribution in [0, 0.1) is 21.8 Å². The number of likely N-dealkylation sites (tertiary alicyclic amines) is 1. The molecule has 1 heterocycles. The number of nitro benzene ring substituents is 1. The summed E-state index contributed by atoms with van der Waals surface area (Å²) >= 11 is 0. The molecule has 2 N–H and O–H groups in total. The fourth-order valence-corrected chi connectivity index (χ4v) is 2.14. The Hall–Kier alpha value is -2.02. The van der Waals surface area contributed by atoms with E-state index >= 15 is 0 Å². The summed E-state index contributed by atoms with van der Waals surface area (Å²) in [6, 6.07) is 2.76. The summed E-state index contributed by atoms with van der Waals surface area (Å²) in [6.45, 7) is 2.78. The number of nitro groups is 1. The first-order valence-electron chi connectivity index (χ1n) is 5.88. The van der Waals surface area contributed by atoms with Gasteiger partial charge >= 0.3 is 0 Å². The van der Waals surface area contributed by atoms with Crippen molar-refractivity contribution in [2.75, 3.05) is 13.1 Å². The molecule has 2 atom stereocenters. The van der Waals surface area contributed by atoms with E-state index in [2.05, 4.69) is 0 Å². The van der Waals surface area contributed by atoms with Gasteiger partial charge in [0.05, 0.1) is 11.0 Å². The summed E-state index contributed by atoms with van der Waals surface area (Å²) < 4.78 is 13.3. The highest BCUT2D eigenvalue weighted by molar-refractivity contribution is 5.95. The quantitative estimate of drug-likeness (QED) is 0.643. The van der Waals surface area contributed by atoms with Gasteiger partial charge in [-0.05, 0) is 12.0 Å². The lowest BCUT2D eigenvalue weighted by molar-refractivity contribution is -0.385. The average molecular weight is 267 g/mol. The number of hydrogen-bond acceptors (Lipinski definition) is 4. The van der Waals surface area contributed by atoms with Crippen LogP contribution in [-0.2, 0) is 0 Å². The number of non-ortho nitro benzene ring substituents is 1. The van der Waals surface area contributed by atoms with Crippen LogP contribution in [0.5, 0.6) is 0 Å². The van der Waals surface area contributed by atoms with E-state index in [9.17, 15) is 19.3 Å². The molecular formula is C12H14FN3O3. The van der Waals surface area contributed by atoms with Gasteiger partial charge in [0, 0.05) is 30.8 Å². The fraction of sp³-hybridized carbons (Fsp3) is 0.417. The second-order valence-corrected chi connectivity index (χ2v) is 4.81. The SMILES string of the molecule is CC1CN(C(=O)c2cc(F)cc([N+](=O)[O-])c2)CC1N. The predicted octanol–water partition coefficient (Wildman–Crippen LogP) is 1.15. The number of halogens is 1. The highest BCUT2D eigenvalue weighted by Crippen LogP contribution is 2.21. The number of benzene rings is 1. The first-order valence-corrected chi connectivity index (χ1v) is 5.88. The molecule has 2 rings (SSSR count). The van der Waals surface area contributed by atoms with Crippen LogP contribution in [0.1, 0.15) is 17.3 Å². The molecule has 1 fully saturated rings. The van der Waals surface area contributed by atoms with Gasteiger partial charge in [0.2, 0.25) is 0 Å². The van der Waals surface area contributed by atoms with E-state index in [1.807, 2.05) is 6.92 Å². The maximum Gasteiger partial charge on any atom is 0.273 e. The molecule has 0 aromatic heterocycles. The normalized spacial score (nSPS) is 22.6. The number of hydrogen-bond donors (Lipinski definition) is 1. The van der Waals surface area contributed by atoms with Gasteiger partial charge in [0.1, 0.15) is 5.82 Å². The maximum atomic E-state index is 13.3. The topological polar surface area (TPSA) is 89.5 Å². The maximum absolute atomic E-state index is 13.3. The van der Waals surface area contributed by atoms with Crippen LogP contribution in [-0.4, -0.2) is 34.9 Å². The van der Waals surface area contributed by atoms with Gasteiger partial charge < -0.3 is 10.6 Å². The molecule has 0 bridgehead atoms. The van der Waals surface area contributed by atoms with Crippen LogP contribution in [0.2, 0.25) is 0 Å². The molecule has 0 aliphatic carbocycles. The van der Waals surface area contributed by atoms with Gasteiger partial charge in [-0.3, -0.25) is 14.9 Å². The Bertz CT molecular complexity index is 525. The molecule has 1 aromatic carbocycles. The van der Waals surface area contributed by atoms with E-state index in [-0.39, 0.29) is 17.5 Å². The summed E-state index contributed by atoms with van der Waals surface area (Å²) in [4.78, 5) is 23.6. The highest BCUT2D eigenvalue weighted by Gasteiger charge is 2.31. The Balaban J connectivity index is 2.27. The number of nitrogens with two attached hydrogens (primary N) is 1. The fourth-order valence-electron chi connectivity index (χ4n) is 2.14. The summed E-state index contributed by atoms with van der Waals surface area (Å²) in [7, 11) is 0. The van der Waals surface area contributed by atoms with Crippen molar-refractivity contribution in [1.29, 1.82) is 0 Å². The molecule has 0 saturated carbocycles. The lowest BCUT2D eigenvalue weighted by Gasteiger charge is -2.15. The van der Waals surface area contributed by atoms with Crippen LogP contribution < -0.4 is 5.73 Å². The highest BCUT2D eigenvalue weighted by atomic mass is 19.1. The lowest BCUT2D eigenvalue weighted by Crippen LogP contribution is -2.32. The molecule has 6 nitrogen and oxygen atoms in total. The average Bonchev–Trinajstić information content (AvgIpc) is 2.68. The molecule has 7 heteroatoms. The smallest absolute Gasteiger partial charge is 0.273 e. The lowest BCUT2D eigenvalue weighted by atomic mass is 10.1. The van der Waals surface area contributed by atoms with Crippen LogP contribution in [0.4, 0.5) is 10.1 Å². The van der Waals surface area contributed by atoms with Crippen molar-refractivity contribution in [2.24, 2.45) is 11.7 Å². The van der Waals surface area contributed by atoms with E-state index < -0.39 is 22.3 Å². The molecule has 102 valence electrons. The third kappa shape index (κ3) is 2.70. The van der Waals surface area contributed by atoms with Crippen molar-refractivity contribution in [1.82, 2.24) is 4.90 Å². The molecule has 19 heavy (non-hydrogen) atoms. The van der Waals surface area contributed by atoms with Crippen LogP contribution >= 0.6 is 0 Å². The minimum Gasteiger partial charge on any atom is -0.337 e. The van der Waals surface area contributed by atoms with Crippen molar-refractivity contribution < 1.29 is 14.1 Å². The zero-order valence-corrected chi connectivity index (χ0v) is 10.4. The number of carbonyl (C=O) groups excluding carboxylic acids is 1. The van der Waals surface area contributed by atoms with Crippen LogP contribution in [0.25, 0.3) is 0 Å². The molecule has 1 aromatic rings. The van der Waals surface area contributed by atoms with Crippen molar-refractivity contribution in [3.8, 4) is 0 Å². The van der Waals surface area contributed by atoms with Crippen LogP contribution in [0.3, 0.4) is 0 Å². The number of amides is 1. The van der Waals surface area contributed by atoms with Gasteiger partial charge in [0.15, 0.2) is 0 Å². The van der Waals surface area contributed by atoms with E-state index in [0.29, 0.717) is 13.1 Å². The number of nitrogens with zero attached hydrogens (tertiary/aromatic N) is 2. The predicted molar refractivity (Wildman–Crippen MR) is 66.1 cm³/mol. The summed E-state index contributed by atoms with van der Waals surface area (Å²) in [6.07, 6.45) is 0. The Morgan fingerprint density at radius 1 is 1.47 bits per heavy atom. The summed E-state index contributed by atoms with van der Waals surface area (Å²) in [5.74, 6) is -1.07. The Morgan fingerprint density at radius 2 is 2.16 bits per heavy atom. The molecule has 2 unspecified atom stereocenters. The van der Waals surface area contributed by atoms with Gasteiger partial charge in [-0.15, -0.1) is 0 Å². The third-order valence-corrected chi connectivity index (χ3v) is 3.30. The number of carbonyl (C=O) groups is 1. The minimum absolute atomic E-state index is 0.0204. The van der Waals surface area contributed by atoms with Gasteiger partial charge in [-0.1, -0.05) is 6.92 Å². The first-order chi connectivity index (χ1) is 8.88. The zero-order chi connectivity index (χ0) is 14.2. The Kier molecular flexibility index (Phi) is 3.48. The van der Waals surface area contributed by atoms with E-state index in [0.717, 1.165) is 18.2 Å². The number of rotatable bonds is 2. The monoisotopic (exact) mass is 267 g/mol. The minimum atomic E-state index is -0.797. The van der Waals surface area contributed by atoms with Crippen molar-refractivity contribution in [2.45, 2.75) is 13.0 Å². The Labute approximate surface area is 109 Å². The first kappa shape index (κ1) is 13.4. The van der Waals surface area contributed by atoms with Gasteiger partial charge in [-0.25, -0.2) is 4.39 Å².